The number of halogens is 1. The normalized spacial score (nSPS) is 18.7. The number of carbonyl (C=O) groups excluding carboxylic acids is 4. The third-order valence-electron chi connectivity index (χ3n) is 4.77. The Kier molecular flexibility index (Phi) is 7.66. The number of hydrogen-bond donors (Lipinski definition) is 2. The zero-order valence-electron chi connectivity index (χ0n) is 16.0. The minimum Gasteiger partial charge on any atom is -0.467 e. The molecule has 152 valence electrons. The number of hydrogen-bond acceptors (Lipinski definition) is 5. The molecule has 0 bridgehead atoms. The molecule has 8 heteroatoms. The molecule has 1 aliphatic rings. The molecule has 0 heterocycles. The maximum Gasteiger partial charge on any atom is 0.328 e. The van der Waals surface area contributed by atoms with Crippen molar-refractivity contribution in [1.82, 2.24) is 10.6 Å². The summed E-state index contributed by atoms with van der Waals surface area (Å²) in [6, 6.07) is 3.74. The molecule has 1 aromatic carbocycles. The second kappa shape index (κ2) is 9.96. The summed E-state index contributed by atoms with van der Waals surface area (Å²) in [4.78, 5) is 48.3. The Bertz CT molecular complexity index is 752. The van der Waals surface area contributed by atoms with Gasteiger partial charge in [0, 0.05) is 26.2 Å². The van der Waals surface area contributed by atoms with Crippen LogP contribution in [-0.4, -0.2) is 42.8 Å². The Morgan fingerprint density at radius 2 is 2.04 bits per heavy atom. The van der Waals surface area contributed by atoms with Crippen molar-refractivity contribution in [1.29, 1.82) is 0 Å². The van der Waals surface area contributed by atoms with E-state index in [1.807, 2.05) is 0 Å². The smallest absolute Gasteiger partial charge is 0.328 e. The molecule has 2 rings (SSSR count). The number of methoxy groups -OCH3 is 1. The molecule has 1 fully saturated rings. The molecule has 0 spiro atoms. The molecular weight excluding hydrogens is 367 g/mol. The second-order valence-corrected chi connectivity index (χ2v) is 6.99. The van der Waals surface area contributed by atoms with Gasteiger partial charge < -0.3 is 15.4 Å². The van der Waals surface area contributed by atoms with Crippen LogP contribution in [0.4, 0.5) is 4.39 Å². The van der Waals surface area contributed by atoms with Crippen molar-refractivity contribution in [3.05, 3.63) is 35.6 Å². The van der Waals surface area contributed by atoms with Gasteiger partial charge in [-0.1, -0.05) is 12.1 Å². The quantitative estimate of drug-likeness (QED) is 0.681. The number of nitrogens with one attached hydrogen (secondary N) is 2. The van der Waals surface area contributed by atoms with E-state index >= 15 is 0 Å². The first-order chi connectivity index (χ1) is 13.3. The van der Waals surface area contributed by atoms with Crippen LogP contribution < -0.4 is 10.6 Å². The average molecular weight is 392 g/mol. The molecular formula is C20H25FN2O5. The lowest BCUT2D eigenvalue weighted by molar-refractivity contribution is -0.147. The fourth-order valence-electron chi connectivity index (χ4n) is 3.45. The van der Waals surface area contributed by atoms with Gasteiger partial charge in [0.15, 0.2) is 0 Å². The van der Waals surface area contributed by atoms with Crippen molar-refractivity contribution in [2.45, 2.75) is 51.1 Å². The Hall–Kier alpha value is -2.77. The van der Waals surface area contributed by atoms with Crippen LogP contribution in [0.5, 0.6) is 0 Å². The zero-order chi connectivity index (χ0) is 20.7. The Labute approximate surface area is 163 Å². The van der Waals surface area contributed by atoms with Gasteiger partial charge in [0.2, 0.25) is 11.8 Å². The van der Waals surface area contributed by atoms with Crippen molar-refractivity contribution in [2.24, 2.45) is 5.92 Å². The monoisotopic (exact) mass is 392 g/mol. The van der Waals surface area contributed by atoms with Crippen LogP contribution in [0.15, 0.2) is 24.3 Å². The summed E-state index contributed by atoms with van der Waals surface area (Å²) in [5, 5.41) is 5.15. The predicted molar refractivity (Wildman–Crippen MR) is 98.6 cm³/mol. The molecule has 3 atom stereocenters. The highest BCUT2D eigenvalue weighted by atomic mass is 19.1. The lowest BCUT2D eigenvalue weighted by atomic mass is 9.83. The molecule has 2 amide bonds. The molecule has 0 aliphatic heterocycles. The third kappa shape index (κ3) is 6.14. The van der Waals surface area contributed by atoms with Crippen molar-refractivity contribution >= 4 is 23.6 Å². The van der Waals surface area contributed by atoms with E-state index in [-0.39, 0.29) is 24.5 Å². The maximum absolute atomic E-state index is 13.4. The number of rotatable bonds is 7. The summed E-state index contributed by atoms with van der Waals surface area (Å²) >= 11 is 0. The highest BCUT2D eigenvalue weighted by molar-refractivity contribution is 5.91. The summed E-state index contributed by atoms with van der Waals surface area (Å²) < 4.78 is 18.2. The molecule has 1 saturated carbocycles. The van der Waals surface area contributed by atoms with E-state index in [1.165, 1.54) is 32.2 Å². The summed E-state index contributed by atoms with van der Waals surface area (Å²) in [6.07, 6.45) is 1.97. The van der Waals surface area contributed by atoms with Gasteiger partial charge >= 0.3 is 5.97 Å². The van der Waals surface area contributed by atoms with E-state index in [0.717, 1.165) is 0 Å². The van der Waals surface area contributed by atoms with Gasteiger partial charge in [0.1, 0.15) is 23.7 Å². The van der Waals surface area contributed by atoms with E-state index < -0.39 is 35.7 Å². The van der Waals surface area contributed by atoms with E-state index in [0.29, 0.717) is 24.8 Å². The fourth-order valence-corrected chi connectivity index (χ4v) is 3.45. The lowest BCUT2D eigenvalue weighted by Crippen LogP contribution is -2.55. The topological polar surface area (TPSA) is 102 Å². The van der Waals surface area contributed by atoms with Gasteiger partial charge in [-0.2, -0.15) is 0 Å². The second-order valence-electron chi connectivity index (χ2n) is 6.99. The molecule has 0 radical (unpaired) electrons. The van der Waals surface area contributed by atoms with Crippen molar-refractivity contribution in [3.8, 4) is 0 Å². The number of carbonyl (C=O) groups is 4. The highest BCUT2D eigenvalue weighted by Crippen LogP contribution is 2.25. The third-order valence-corrected chi connectivity index (χ3v) is 4.77. The van der Waals surface area contributed by atoms with Gasteiger partial charge in [0.25, 0.3) is 0 Å². The van der Waals surface area contributed by atoms with Gasteiger partial charge in [-0.25, -0.2) is 9.18 Å². The first-order valence-corrected chi connectivity index (χ1v) is 9.21. The summed E-state index contributed by atoms with van der Waals surface area (Å²) in [5.41, 5.74) is 0.524. The molecule has 0 unspecified atom stereocenters. The summed E-state index contributed by atoms with van der Waals surface area (Å²) in [7, 11) is 1.21. The molecule has 0 aromatic heterocycles. The number of esters is 1. The minimum atomic E-state index is -0.995. The SMILES string of the molecule is COC(=O)[C@H](NC(=O)[C@@H](Cc1cccc(F)c1)NC(C)=O)[C@H]1CCCC(=O)C1. The number of ketones is 1. The Balaban J connectivity index is 2.16. The van der Waals surface area contributed by atoms with Crippen LogP contribution in [0.25, 0.3) is 0 Å². The molecule has 2 N–H and O–H groups in total. The van der Waals surface area contributed by atoms with Crippen LogP contribution in [0.1, 0.15) is 38.2 Å². The van der Waals surface area contributed by atoms with Gasteiger partial charge in [0.05, 0.1) is 7.11 Å². The Morgan fingerprint density at radius 3 is 2.64 bits per heavy atom. The van der Waals surface area contributed by atoms with Gasteiger partial charge in [-0.05, 0) is 36.5 Å². The molecule has 1 aromatic rings. The molecule has 28 heavy (non-hydrogen) atoms. The zero-order valence-corrected chi connectivity index (χ0v) is 16.0. The van der Waals surface area contributed by atoms with Gasteiger partial charge in [-0.3, -0.25) is 14.4 Å². The lowest BCUT2D eigenvalue weighted by Gasteiger charge is -2.29. The predicted octanol–water partition coefficient (Wildman–Crippen LogP) is 1.29. The standard InChI is InChI=1S/C20H25FN2O5/c1-12(24)22-17(10-13-5-3-7-15(21)9-13)19(26)23-18(20(27)28-2)14-6-4-8-16(25)11-14/h3,5,7,9,14,17-18H,4,6,8,10-11H2,1-2H3,(H,22,24)(H,23,26)/t14-,17+,18+/m0/s1. The van der Waals surface area contributed by atoms with Crippen LogP contribution in [0.3, 0.4) is 0 Å². The van der Waals surface area contributed by atoms with Crippen LogP contribution in [-0.2, 0) is 30.3 Å². The maximum atomic E-state index is 13.4. The van der Waals surface area contributed by atoms with E-state index in [9.17, 15) is 23.6 Å². The first-order valence-electron chi connectivity index (χ1n) is 9.21. The Morgan fingerprint density at radius 1 is 1.29 bits per heavy atom. The number of ether oxygens (including phenoxy) is 1. The summed E-state index contributed by atoms with van der Waals surface area (Å²) in [5.74, 6) is -2.43. The number of Topliss-reactive ketones (excluding diaryl/α,β-unsaturated/α-hetero) is 1. The number of benzene rings is 1. The van der Waals surface area contributed by atoms with E-state index in [1.54, 1.807) is 6.07 Å². The largest absolute Gasteiger partial charge is 0.467 e. The highest BCUT2D eigenvalue weighted by Gasteiger charge is 2.35. The number of amides is 2. The molecule has 7 nitrogen and oxygen atoms in total. The van der Waals surface area contributed by atoms with E-state index in [4.69, 9.17) is 4.74 Å². The summed E-state index contributed by atoms with van der Waals surface area (Å²) in [6.45, 7) is 1.27. The van der Waals surface area contributed by atoms with Crippen LogP contribution in [0.2, 0.25) is 0 Å². The van der Waals surface area contributed by atoms with E-state index in [2.05, 4.69) is 10.6 Å². The fraction of sp³-hybridized carbons (Fsp3) is 0.500. The van der Waals surface area contributed by atoms with Gasteiger partial charge in [-0.15, -0.1) is 0 Å². The van der Waals surface area contributed by atoms with Crippen LogP contribution >= 0.6 is 0 Å². The first kappa shape index (κ1) is 21.5. The molecule has 1 aliphatic carbocycles. The minimum absolute atomic E-state index is 0.0394. The average Bonchev–Trinajstić information content (AvgIpc) is 2.64. The van der Waals surface area contributed by atoms with Crippen molar-refractivity contribution in [2.75, 3.05) is 7.11 Å². The molecule has 0 saturated heterocycles. The van der Waals surface area contributed by atoms with Crippen molar-refractivity contribution < 1.29 is 28.3 Å². The van der Waals surface area contributed by atoms with Crippen molar-refractivity contribution in [3.63, 3.8) is 0 Å². The van der Waals surface area contributed by atoms with Crippen LogP contribution in [0, 0.1) is 11.7 Å².